The van der Waals surface area contributed by atoms with Gasteiger partial charge in [-0.25, -0.2) is 4.39 Å². The van der Waals surface area contributed by atoms with Crippen molar-refractivity contribution in [3.63, 3.8) is 0 Å². The average Bonchev–Trinajstić information content (AvgIpc) is 2.66. The summed E-state index contributed by atoms with van der Waals surface area (Å²) < 4.78 is 26.7. The van der Waals surface area contributed by atoms with Crippen molar-refractivity contribution in [3.8, 4) is 16.9 Å². The first kappa shape index (κ1) is 18.3. The molecule has 0 aromatic heterocycles. The first-order valence-electron chi connectivity index (χ1n) is 8.84. The van der Waals surface area contributed by atoms with E-state index >= 15 is 0 Å². The Morgan fingerprint density at radius 2 is 2.04 bits per heavy atom. The first-order chi connectivity index (χ1) is 12.5. The molecule has 1 atom stereocenters. The number of hydrogen-bond acceptors (Lipinski definition) is 3. The van der Waals surface area contributed by atoms with E-state index in [1.807, 2.05) is 0 Å². The molecule has 1 unspecified atom stereocenters. The normalized spacial score (nSPS) is 17.1. The Morgan fingerprint density at radius 1 is 1.19 bits per heavy atom. The van der Waals surface area contributed by atoms with E-state index in [9.17, 15) is 18.7 Å². The smallest absolute Gasteiger partial charge is 0.251 e. The molecule has 0 bridgehead atoms. The number of piperidine rings is 1. The summed E-state index contributed by atoms with van der Waals surface area (Å²) in [6, 6.07) is 9.20. The number of nitrogens with one attached hydrogen (secondary N) is 2. The van der Waals surface area contributed by atoms with Gasteiger partial charge < -0.3 is 15.7 Å². The number of halogens is 2. The van der Waals surface area contributed by atoms with E-state index in [1.54, 1.807) is 24.3 Å². The lowest BCUT2D eigenvalue weighted by Crippen LogP contribution is -2.37. The summed E-state index contributed by atoms with van der Waals surface area (Å²) in [4.78, 5) is 12.3. The van der Waals surface area contributed by atoms with E-state index in [0.29, 0.717) is 29.3 Å². The van der Waals surface area contributed by atoms with Gasteiger partial charge in [-0.15, -0.1) is 0 Å². The zero-order chi connectivity index (χ0) is 18.5. The number of benzene rings is 2. The highest BCUT2D eigenvalue weighted by atomic mass is 19.2. The summed E-state index contributed by atoms with van der Waals surface area (Å²) in [6.45, 7) is 1.61. The van der Waals surface area contributed by atoms with Crippen LogP contribution in [-0.4, -0.2) is 30.1 Å². The molecule has 4 nitrogen and oxygen atoms in total. The van der Waals surface area contributed by atoms with Gasteiger partial charge in [-0.2, -0.15) is 4.39 Å². The number of phenolic OH excluding ortho intramolecular Hbond substituents is 1. The van der Waals surface area contributed by atoms with Crippen molar-refractivity contribution in [2.75, 3.05) is 13.1 Å². The minimum absolute atomic E-state index is 0.213. The van der Waals surface area contributed by atoms with Crippen LogP contribution in [0.2, 0.25) is 0 Å². The molecule has 3 rings (SSSR count). The molecular weight excluding hydrogens is 338 g/mol. The number of hydrogen-bond donors (Lipinski definition) is 3. The van der Waals surface area contributed by atoms with Gasteiger partial charge in [0.1, 0.15) is 0 Å². The molecule has 1 fully saturated rings. The molecule has 3 N–H and O–H groups in total. The number of amides is 1. The molecule has 0 radical (unpaired) electrons. The zero-order valence-electron chi connectivity index (χ0n) is 14.4. The predicted molar refractivity (Wildman–Crippen MR) is 96.1 cm³/mol. The van der Waals surface area contributed by atoms with Crippen LogP contribution in [0.5, 0.6) is 5.75 Å². The first-order valence-corrected chi connectivity index (χ1v) is 8.84. The summed E-state index contributed by atoms with van der Waals surface area (Å²) in [5.74, 6) is -3.38. The van der Waals surface area contributed by atoms with E-state index in [-0.39, 0.29) is 5.91 Å². The molecule has 2 aromatic carbocycles. The molecule has 0 saturated carbocycles. The molecule has 1 heterocycles. The topological polar surface area (TPSA) is 61.4 Å². The van der Waals surface area contributed by atoms with Crippen molar-refractivity contribution in [3.05, 3.63) is 53.6 Å². The van der Waals surface area contributed by atoms with Crippen molar-refractivity contribution in [1.29, 1.82) is 0 Å². The van der Waals surface area contributed by atoms with E-state index in [2.05, 4.69) is 10.6 Å². The van der Waals surface area contributed by atoms with Gasteiger partial charge in [0, 0.05) is 18.2 Å². The number of carbonyl (C=O) groups excluding carboxylic acids is 1. The van der Waals surface area contributed by atoms with Crippen LogP contribution < -0.4 is 10.6 Å². The van der Waals surface area contributed by atoms with Gasteiger partial charge in [-0.1, -0.05) is 18.6 Å². The second-order valence-corrected chi connectivity index (χ2v) is 6.56. The lowest BCUT2D eigenvalue weighted by Gasteiger charge is -2.23. The van der Waals surface area contributed by atoms with Crippen molar-refractivity contribution < 1.29 is 18.7 Å². The summed E-state index contributed by atoms with van der Waals surface area (Å²) in [5, 5.41) is 15.8. The summed E-state index contributed by atoms with van der Waals surface area (Å²) in [6.07, 6.45) is 4.43. The lowest BCUT2D eigenvalue weighted by atomic mass is 10.0. The Hall–Kier alpha value is -2.47. The molecule has 6 heteroatoms. The van der Waals surface area contributed by atoms with Gasteiger partial charge in [-0.05, 0) is 61.2 Å². The van der Waals surface area contributed by atoms with Crippen LogP contribution in [0.4, 0.5) is 8.78 Å². The summed E-state index contributed by atoms with van der Waals surface area (Å²) in [5.41, 5.74) is 1.27. The Kier molecular flexibility index (Phi) is 5.83. The maximum absolute atomic E-state index is 13.5. The molecule has 1 saturated heterocycles. The maximum Gasteiger partial charge on any atom is 0.251 e. The molecule has 1 amide bonds. The molecule has 0 spiro atoms. The standard InChI is InChI=1S/C20H22F2N2O2/c21-17-11-15(12-18(25)19(17)22)13-4-3-5-14(10-13)20(26)24-9-7-16-6-1-2-8-23-16/h3-5,10-12,16,23,25H,1-2,6-9H2,(H,24,26). The Bertz CT molecular complexity index is 766. The molecular formula is C20H22F2N2O2. The number of aromatic hydroxyl groups is 1. The van der Waals surface area contributed by atoms with Crippen LogP contribution in [-0.2, 0) is 0 Å². The van der Waals surface area contributed by atoms with Crippen LogP contribution in [0.3, 0.4) is 0 Å². The molecule has 0 aliphatic carbocycles. The molecule has 1 aliphatic heterocycles. The van der Waals surface area contributed by atoms with Crippen molar-refractivity contribution in [1.82, 2.24) is 10.6 Å². The molecule has 2 aromatic rings. The predicted octanol–water partition coefficient (Wildman–Crippen LogP) is 3.60. The second-order valence-electron chi connectivity index (χ2n) is 6.56. The van der Waals surface area contributed by atoms with Crippen LogP contribution in [0.1, 0.15) is 36.0 Å². The third-order valence-electron chi connectivity index (χ3n) is 4.66. The van der Waals surface area contributed by atoms with Crippen LogP contribution in [0.15, 0.2) is 36.4 Å². The van der Waals surface area contributed by atoms with Gasteiger partial charge in [0.05, 0.1) is 0 Å². The largest absolute Gasteiger partial charge is 0.505 e. The SMILES string of the molecule is O=C(NCCC1CCCCN1)c1cccc(-c2cc(O)c(F)c(F)c2)c1. The molecule has 1 aliphatic rings. The van der Waals surface area contributed by atoms with E-state index in [0.717, 1.165) is 31.5 Å². The van der Waals surface area contributed by atoms with Crippen molar-refractivity contribution in [2.24, 2.45) is 0 Å². The van der Waals surface area contributed by atoms with Gasteiger partial charge in [-0.3, -0.25) is 4.79 Å². The molecule has 138 valence electrons. The van der Waals surface area contributed by atoms with Crippen LogP contribution in [0.25, 0.3) is 11.1 Å². The van der Waals surface area contributed by atoms with E-state index < -0.39 is 17.4 Å². The minimum atomic E-state index is -1.28. The Balaban J connectivity index is 1.65. The van der Waals surface area contributed by atoms with Gasteiger partial charge in [0.15, 0.2) is 17.4 Å². The van der Waals surface area contributed by atoms with Gasteiger partial charge in [0.2, 0.25) is 0 Å². The van der Waals surface area contributed by atoms with Crippen molar-refractivity contribution in [2.45, 2.75) is 31.7 Å². The highest BCUT2D eigenvalue weighted by Crippen LogP contribution is 2.28. The fraction of sp³-hybridized carbons (Fsp3) is 0.350. The van der Waals surface area contributed by atoms with Crippen molar-refractivity contribution >= 4 is 5.91 Å². The van der Waals surface area contributed by atoms with Gasteiger partial charge >= 0.3 is 0 Å². The summed E-state index contributed by atoms with van der Waals surface area (Å²) >= 11 is 0. The Morgan fingerprint density at radius 3 is 2.77 bits per heavy atom. The fourth-order valence-electron chi connectivity index (χ4n) is 3.21. The third kappa shape index (κ3) is 4.38. The fourth-order valence-corrected chi connectivity index (χ4v) is 3.21. The average molecular weight is 360 g/mol. The summed E-state index contributed by atoms with van der Waals surface area (Å²) in [7, 11) is 0. The third-order valence-corrected chi connectivity index (χ3v) is 4.66. The second kappa shape index (κ2) is 8.27. The highest BCUT2D eigenvalue weighted by Gasteiger charge is 2.14. The monoisotopic (exact) mass is 360 g/mol. The van der Waals surface area contributed by atoms with Crippen LogP contribution >= 0.6 is 0 Å². The number of carbonyl (C=O) groups is 1. The Labute approximate surface area is 151 Å². The maximum atomic E-state index is 13.5. The zero-order valence-corrected chi connectivity index (χ0v) is 14.4. The van der Waals surface area contributed by atoms with Crippen LogP contribution in [0, 0.1) is 11.6 Å². The van der Waals surface area contributed by atoms with E-state index in [1.165, 1.54) is 12.8 Å². The van der Waals surface area contributed by atoms with E-state index in [4.69, 9.17) is 0 Å². The lowest BCUT2D eigenvalue weighted by molar-refractivity contribution is 0.0951. The highest BCUT2D eigenvalue weighted by molar-refractivity contribution is 5.95. The van der Waals surface area contributed by atoms with Gasteiger partial charge in [0.25, 0.3) is 5.91 Å². The number of phenols is 1. The minimum Gasteiger partial charge on any atom is -0.505 e. The number of rotatable bonds is 5. The quantitative estimate of drug-likeness (QED) is 0.764. The molecule has 26 heavy (non-hydrogen) atoms.